The topological polar surface area (TPSA) is 65.5 Å². The normalized spacial score (nSPS) is 21.8. The summed E-state index contributed by atoms with van der Waals surface area (Å²) in [6, 6.07) is 4.37. The fourth-order valence-corrected chi connectivity index (χ4v) is 4.51. The van der Waals surface area contributed by atoms with Crippen molar-refractivity contribution in [3.63, 3.8) is 0 Å². The highest BCUT2D eigenvalue weighted by molar-refractivity contribution is 7.99. The molecule has 0 unspecified atom stereocenters. The molecule has 1 aromatic heterocycles. The maximum atomic E-state index is 12.6. The van der Waals surface area contributed by atoms with Gasteiger partial charge >= 0.3 is 0 Å². The van der Waals surface area contributed by atoms with Crippen LogP contribution in [-0.2, 0) is 16.1 Å². The first kappa shape index (κ1) is 20.1. The van der Waals surface area contributed by atoms with Gasteiger partial charge in [-0.1, -0.05) is 6.07 Å². The smallest absolute Gasteiger partial charge is 0.232 e. The fourth-order valence-electron chi connectivity index (χ4n) is 4.08. The highest BCUT2D eigenvalue weighted by Gasteiger charge is 2.32. The van der Waals surface area contributed by atoms with Crippen LogP contribution in [0.25, 0.3) is 0 Å². The zero-order valence-corrected chi connectivity index (χ0v) is 16.9. The standard InChI is InChI=1S/C20H30N4O2S/c1-27-15-19(25)23-10-6-18(7-11-23)24-9-3-5-17(14-24)20(26)22-13-16-4-2-8-21-12-16/h2,4,8,12,17-18H,3,5-7,9-11,13-15H2,1H3,(H,22,26)/t17-/m1/s1. The van der Waals surface area contributed by atoms with Crippen molar-refractivity contribution < 1.29 is 9.59 Å². The number of rotatable bonds is 6. The van der Waals surface area contributed by atoms with Crippen molar-refractivity contribution >= 4 is 23.6 Å². The zero-order valence-electron chi connectivity index (χ0n) is 16.1. The maximum absolute atomic E-state index is 12.6. The molecule has 2 amide bonds. The number of carbonyl (C=O) groups is 2. The van der Waals surface area contributed by atoms with Gasteiger partial charge in [0.05, 0.1) is 11.7 Å². The van der Waals surface area contributed by atoms with Gasteiger partial charge in [0.15, 0.2) is 0 Å². The lowest BCUT2D eigenvalue weighted by molar-refractivity contribution is -0.130. The maximum Gasteiger partial charge on any atom is 0.232 e. The average molecular weight is 391 g/mol. The Morgan fingerprint density at radius 1 is 1.26 bits per heavy atom. The van der Waals surface area contributed by atoms with Crippen molar-refractivity contribution in [3.05, 3.63) is 30.1 Å². The van der Waals surface area contributed by atoms with Gasteiger partial charge in [0.2, 0.25) is 11.8 Å². The number of piperidine rings is 2. The SMILES string of the molecule is CSCC(=O)N1CCC(N2CCC[C@@H](C(=O)NCc3cccnc3)C2)CC1. The Labute approximate surface area is 166 Å². The first-order valence-corrected chi connectivity index (χ1v) is 11.2. The van der Waals surface area contributed by atoms with Crippen LogP contribution in [0.5, 0.6) is 0 Å². The summed E-state index contributed by atoms with van der Waals surface area (Å²) < 4.78 is 0. The molecule has 148 valence electrons. The van der Waals surface area contributed by atoms with Gasteiger partial charge in [-0.15, -0.1) is 0 Å². The summed E-state index contributed by atoms with van der Waals surface area (Å²) in [5, 5.41) is 3.07. The molecule has 1 atom stereocenters. The van der Waals surface area contributed by atoms with Gasteiger partial charge in [0.25, 0.3) is 0 Å². The fraction of sp³-hybridized carbons (Fsp3) is 0.650. The monoisotopic (exact) mass is 390 g/mol. The molecule has 0 saturated carbocycles. The van der Waals surface area contributed by atoms with Crippen LogP contribution in [0.15, 0.2) is 24.5 Å². The Kier molecular flexibility index (Phi) is 7.52. The largest absolute Gasteiger partial charge is 0.352 e. The summed E-state index contributed by atoms with van der Waals surface area (Å²) >= 11 is 1.59. The molecule has 3 rings (SSSR count). The van der Waals surface area contributed by atoms with E-state index in [1.165, 1.54) is 0 Å². The molecule has 1 N–H and O–H groups in total. The second-order valence-corrected chi connectivity index (χ2v) is 8.32. The molecule has 1 aromatic rings. The van der Waals surface area contributed by atoms with Gasteiger partial charge in [0, 0.05) is 44.6 Å². The van der Waals surface area contributed by atoms with Crippen LogP contribution in [0.3, 0.4) is 0 Å². The number of amides is 2. The molecule has 0 bridgehead atoms. The third-order valence-corrected chi connectivity index (χ3v) is 6.15. The van der Waals surface area contributed by atoms with Gasteiger partial charge in [-0.25, -0.2) is 0 Å². The van der Waals surface area contributed by atoms with E-state index < -0.39 is 0 Å². The molecule has 0 radical (unpaired) electrons. The van der Waals surface area contributed by atoms with Crippen molar-refractivity contribution in [1.29, 1.82) is 0 Å². The summed E-state index contributed by atoms with van der Waals surface area (Å²) in [4.78, 5) is 33.2. The van der Waals surface area contributed by atoms with E-state index in [9.17, 15) is 9.59 Å². The Morgan fingerprint density at radius 2 is 2.07 bits per heavy atom. The molecule has 2 saturated heterocycles. The Bertz CT molecular complexity index is 620. The summed E-state index contributed by atoms with van der Waals surface area (Å²) in [5.74, 6) is 1.04. The van der Waals surface area contributed by atoms with E-state index in [4.69, 9.17) is 0 Å². The number of carbonyl (C=O) groups excluding carboxylic acids is 2. The minimum Gasteiger partial charge on any atom is -0.352 e. The van der Waals surface area contributed by atoms with Crippen molar-refractivity contribution in [2.75, 3.05) is 38.2 Å². The molecule has 3 heterocycles. The Balaban J connectivity index is 1.45. The van der Waals surface area contributed by atoms with E-state index in [0.29, 0.717) is 18.3 Å². The molecule has 2 fully saturated rings. The van der Waals surface area contributed by atoms with Crippen LogP contribution < -0.4 is 5.32 Å². The quantitative estimate of drug-likeness (QED) is 0.802. The van der Waals surface area contributed by atoms with Crippen molar-refractivity contribution in [2.45, 2.75) is 38.3 Å². The van der Waals surface area contributed by atoms with Gasteiger partial charge in [-0.05, 0) is 50.1 Å². The van der Waals surface area contributed by atoms with Crippen molar-refractivity contribution in [1.82, 2.24) is 20.1 Å². The van der Waals surface area contributed by atoms with Gasteiger partial charge in [-0.3, -0.25) is 19.5 Å². The molecule has 2 aliphatic rings. The van der Waals surface area contributed by atoms with Crippen LogP contribution in [0.2, 0.25) is 0 Å². The second-order valence-electron chi connectivity index (χ2n) is 7.46. The van der Waals surface area contributed by atoms with E-state index >= 15 is 0 Å². The molecule has 2 aliphatic heterocycles. The minimum atomic E-state index is 0.0616. The lowest BCUT2D eigenvalue weighted by atomic mass is 9.93. The number of hydrogen-bond acceptors (Lipinski definition) is 5. The highest BCUT2D eigenvalue weighted by Crippen LogP contribution is 2.24. The molecule has 27 heavy (non-hydrogen) atoms. The first-order valence-electron chi connectivity index (χ1n) is 9.84. The minimum absolute atomic E-state index is 0.0616. The van der Waals surface area contributed by atoms with Crippen molar-refractivity contribution in [3.8, 4) is 0 Å². The van der Waals surface area contributed by atoms with Crippen LogP contribution in [0.1, 0.15) is 31.2 Å². The first-order chi connectivity index (χ1) is 13.2. The summed E-state index contributed by atoms with van der Waals surface area (Å²) in [6.45, 7) is 4.13. The predicted octanol–water partition coefficient (Wildman–Crippen LogP) is 1.76. The summed E-state index contributed by atoms with van der Waals surface area (Å²) in [5.41, 5.74) is 1.03. The molecular formula is C20H30N4O2S. The van der Waals surface area contributed by atoms with E-state index in [1.54, 1.807) is 24.2 Å². The summed E-state index contributed by atoms with van der Waals surface area (Å²) in [7, 11) is 0. The Morgan fingerprint density at radius 3 is 2.78 bits per heavy atom. The van der Waals surface area contributed by atoms with Crippen LogP contribution in [0, 0.1) is 5.92 Å². The number of nitrogens with one attached hydrogen (secondary N) is 1. The van der Waals surface area contributed by atoms with Crippen molar-refractivity contribution in [2.24, 2.45) is 5.92 Å². The third kappa shape index (κ3) is 5.69. The lowest BCUT2D eigenvalue weighted by Crippen LogP contribution is -2.51. The van der Waals surface area contributed by atoms with E-state index in [-0.39, 0.29) is 17.7 Å². The van der Waals surface area contributed by atoms with Crippen LogP contribution >= 0.6 is 11.8 Å². The summed E-state index contributed by atoms with van der Waals surface area (Å²) in [6.07, 6.45) is 9.56. The number of hydrogen-bond donors (Lipinski definition) is 1. The van der Waals surface area contributed by atoms with Gasteiger partial charge in [0.1, 0.15) is 0 Å². The van der Waals surface area contributed by atoms with E-state index in [1.807, 2.05) is 23.3 Å². The highest BCUT2D eigenvalue weighted by atomic mass is 32.2. The number of aromatic nitrogens is 1. The second kappa shape index (κ2) is 10.1. The average Bonchev–Trinajstić information content (AvgIpc) is 2.73. The molecule has 6 nitrogen and oxygen atoms in total. The lowest BCUT2D eigenvalue weighted by Gasteiger charge is -2.42. The molecule has 0 aliphatic carbocycles. The van der Waals surface area contributed by atoms with Gasteiger partial charge < -0.3 is 10.2 Å². The van der Waals surface area contributed by atoms with E-state index in [0.717, 1.165) is 57.4 Å². The molecule has 0 aromatic carbocycles. The van der Waals surface area contributed by atoms with E-state index in [2.05, 4.69) is 15.2 Å². The number of thioether (sulfide) groups is 1. The number of pyridine rings is 1. The number of likely N-dealkylation sites (tertiary alicyclic amines) is 2. The third-order valence-electron chi connectivity index (χ3n) is 5.61. The molecule has 0 spiro atoms. The zero-order chi connectivity index (χ0) is 19.1. The molecule has 7 heteroatoms. The number of nitrogens with zero attached hydrogens (tertiary/aromatic N) is 3. The van der Waals surface area contributed by atoms with Crippen LogP contribution in [-0.4, -0.2) is 70.8 Å². The van der Waals surface area contributed by atoms with Crippen LogP contribution in [0.4, 0.5) is 0 Å². The van der Waals surface area contributed by atoms with Gasteiger partial charge in [-0.2, -0.15) is 11.8 Å². The predicted molar refractivity (Wildman–Crippen MR) is 108 cm³/mol. The molecular weight excluding hydrogens is 360 g/mol. The Hall–Kier alpha value is -1.60.